The van der Waals surface area contributed by atoms with E-state index < -0.39 is 5.82 Å². The zero-order valence-electron chi connectivity index (χ0n) is 26.2. The molecule has 1 unspecified atom stereocenters. The molecule has 0 radical (unpaired) electrons. The molecule has 47 heavy (non-hydrogen) atoms. The molecule has 2 aliphatic heterocycles. The van der Waals surface area contributed by atoms with Gasteiger partial charge in [-0.15, -0.1) is 0 Å². The van der Waals surface area contributed by atoms with Gasteiger partial charge in [0.05, 0.1) is 43.1 Å². The molecule has 0 spiro atoms. The second-order valence-corrected chi connectivity index (χ2v) is 11.5. The number of hydrogen-bond donors (Lipinski definition) is 0. The molecular weight excluding hydrogens is 597 g/mol. The molecule has 1 atom stereocenters. The summed E-state index contributed by atoms with van der Waals surface area (Å²) in [5.41, 5.74) is 5.09. The standard InChI is InChI=1S/C36H34FN7O3/c1-3-33(45)44-18-17-43(20-26(44)12-14-38)35-27-13-16-42(32-11-5-9-25-8-4-7-24(2)34(25)32)21-30(27)41-36(28(35)19-39)47-23-46-22-31-29(37)10-6-15-40-31/h3-11,15,26H,1,12-13,16-18,20-23H2,2H3. The molecule has 238 valence electrons. The Labute approximate surface area is 272 Å². The second-order valence-electron chi connectivity index (χ2n) is 11.5. The maximum absolute atomic E-state index is 14.1. The molecule has 2 aliphatic rings. The summed E-state index contributed by atoms with van der Waals surface area (Å²) in [5, 5.41) is 22.4. The Kier molecular flexibility index (Phi) is 9.28. The maximum atomic E-state index is 14.1. The first-order valence-electron chi connectivity index (χ1n) is 15.5. The fraction of sp³-hybridized carbons (Fsp3) is 0.306. The first kappa shape index (κ1) is 31.5. The Hall–Kier alpha value is -5.52. The van der Waals surface area contributed by atoms with Gasteiger partial charge in [-0.1, -0.05) is 36.9 Å². The highest BCUT2D eigenvalue weighted by molar-refractivity contribution is 5.97. The molecule has 0 saturated carbocycles. The van der Waals surface area contributed by atoms with Gasteiger partial charge in [-0.25, -0.2) is 9.37 Å². The number of ether oxygens (including phenoxy) is 2. The van der Waals surface area contributed by atoms with Crippen molar-refractivity contribution in [1.82, 2.24) is 14.9 Å². The van der Waals surface area contributed by atoms with Crippen LogP contribution < -0.4 is 14.5 Å². The monoisotopic (exact) mass is 631 g/mol. The van der Waals surface area contributed by atoms with Crippen LogP contribution in [0.4, 0.5) is 15.8 Å². The number of nitriles is 2. The number of aryl methyl sites for hydroxylation is 1. The molecule has 6 rings (SSSR count). The van der Waals surface area contributed by atoms with Gasteiger partial charge in [-0.3, -0.25) is 9.78 Å². The summed E-state index contributed by atoms with van der Waals surface area (Å²) in [5.74, 6) is -0.599. The van der Waals surface area contributed by atoms with Crippen LogP contribution in [0.1, 0.15) is 34.5 Å². The predicted molar refractivity (Wildman–Crippen MR) is 175 cm³/mol. The average molecular weight is 632 g/mol. The fourth-order valence-electron chi connectivity index (χ4n) is 6.57. The van der Waals surface area contributed by atoms with E-state index in [-0.39, 0.29) is 48.9 Å². The Morgan fingerprint density at radius 3 is 2.72 bits per heavy atom. The molecule has 0 N–H and O–H groups in total. The van der Waals surface area contributed by atoms with E-state index in [1.54, 1.807) is 4.90 Å². The van der Waals surface area contributed by atoms with Gasteiger partial charge >= 0.3 is 0 Å². The largest absolute Gasteiger partial charge is 0.449 e. The quantitative estimate of drug-likeness (QED) is 0.140. The molecule has 11 heteroatoms. The normalized spacial score (nSPS) is 15.9. The van der Waals surface area contributed by atoms with Crippen molar-refractivity contribution in [2.45, 2.75) is 39.0 Å². The van der Waals surface area contributed by atoms with E-state index in [1.807, 2.05) is 0 Å². The van der Waals surface area contributed by atoms with Crippen molar-refractivity contribution in [3.05, 3.63) is 101 Å². The topological polar surface area (TPSA) is 119 Å². The van der Waals surface area contributed by atoms with Crippen molar-refractivity contribution in [2.24, 2.45) is 0 Å². The van der Waals surface area contributed by atoms with Crippen LogP contribution in [-0.2, 0) is 29.1 Å². The van der Waals surface area contributed by atoms with Gasteiger partial charge in [-0.2, -0.15) is 10.5 Å². The molecule has 2 aromatic heterocycles. The molecule has 1 saturated heterocycles. The first-order chi connectivity index (χ1) is 22.9. The summed E-state index contributed by atoms with van der Waals surface area (Å²) in [6, 6.07) is 19.5. The van der Waals surface area contributed by atoms with Crippen molar-refractivity contribution in [3.8, 4) is 18.0 Å². The van der Waals surface area contributed by atoms with Gasteiger partial charge in [0.25, 0.3) is 0 Å². The van der Waals surface area contributed by atoms with E-state index in [0.29, 0.717) is 44.8 Å². The highest BCUT2D eigenvalue weighted by Gasteiger charge is 2.35. The molecule has 0 bridgehead atoms. The van der Waals surface area contributed by atoms with Crippen molar-refractivity contribution in [3.63, 3.8) is 0 Å². The van der Waals surface area contributed by atoms with Crippen molar-refractivity contribution in [2.75, 3.05) is 42.8 Å². The van der Waals surface area contributed by atoms with Gasteiger partial charge in [0.2, 0.25) is 11.8 Å². The number of hydrogen-bond acceptors (Lipinski definition) is 9. The Morgan fingerprint density at radius 2 is 1.96 bits per heavy atom. The molecule has 4 heterocycles. The minimum Gasteiger partial charge on any atom is -0.449 e. The summed E-state index contributed by atoms with van der Waals surface area (Å²) in [4.78, 5) is 27.5. The number of rotatable bonds is 9. The van der Waals surface area contributed by atoms with E-state index in [0.717, 1.165) is 22.3 Å². The van der Waals surface area contributed by atoms with Crippen molar-refractivity contribution < 1.29 is 18.7 Å². The molecular formula is C36H34FN7O3. The average Bonchev–Trinajstić information content (AvgIpc) is 3.09. The number of benzene rings is 2. The Balaban J connectivity index is 1.36. The van der Waals surface area contributed by atoms with Crippen LogP contribution in [0.5, 0.6) is 5.88 Å². The number of pyridine rings is 2. The fourth-order valence-corrected chi connectivity index (χ4v) is 6.57. The van der Waals surface area contributed by atoms with Gasteiger partial charge in [-0.05, 0) is 48.6 Å². The highest BCUT2D eigenvalue weighted by atomic mass is 19.1. The number of halogens is 1. The van der Waals surface area contributed by atoms with Gasteiger partial charge in [0, 0.05) is 49.0 Å². The lowest BCUT2D eigenvalue weighted by atomic mass is 9.95. The third kappa shape index (κ3) is 6.31. The van der Waals surface area contributed by atoms with Crippen LogP contribution in [0.3, 0.4) is 0 Å². The first-order valence-corrected chi connectivity index (χ1v) is 15.5. The number of fused-ring (bicyclic) bond motifs is 2. The predicted octanol–water partition coefficient (Wildman–Crippen LogP) is 5.18. The summed E-state index contributed by atoms with van der Waals surface area (Å²) in [7, 11) is 0. The lowest BCUT2D eigenvalue weighted by Crippen LogP contribution is -2.55. The van der Waals surface area contributed by atoms with E-state index >= 15 is 0 Å². The summed E-state index contributed by atoms with van der Waals surface area (Å²) in [6.07, 6.45) is 3.51. The minimum atomic E-state index is -0.482. The van der Waals surface area contributed by atoms with Crippen molar-refractivity contribution >= 4 is 28.1 Å². The van der Waals surface area contributed by atoms with E-state index in [2.05, 4.69) is 76.8 Å². The molecule has 0 aliphatic carbocycles. The third-order valence-electron chi connectivity index (χ3n) is 8.77. The van der Waals surface area contributed by atoms with E-state index in [1.165, 1.54) is 35.4 Å². The summed E-state index contributed by atoms with van der Waals surface area (Å²) < 4.78 is 25.7. The van der Waals surface area contributed by atoms with Crippen LogP contribution in [0.2, 0.25) is 0 Å². The number of nitrogens with zero attached hydrogens (tertiary/aromatic N) is 7. The summed E-state index contributed by atoms with van der Waals surface area (Å²) >= 11 is 0. The van der Waals surface area contributed by atoms with Crippen molar-refractivity contribution in [1.29, 1.82) is 10.5 Å². The molecule has 10 nitrogen and oxygen atoms in total. The zero-order valence-corrected chi connectivity index (χ0v) is 26.2. The second kappa shape index (κ2) is 13.9. The lowest BCUT2D eigenvalue weighted by molar-refractivity contribution is -0.128. The lowest BCUT2D eigenvalue weighted by Gasteiger charge is -2.43. The maximum Gasteiger partial charge on any atom is 0.246 e. The van der Waals surface area contributed by atoms with Crippen LogP contribution in [0.15, 0.2) is 67.4 Å². The number of piperazine rings is 1. The number of aromatic nitrogens is 2. The van der Waals surface area contributed by atoms with Gasteiger partial charge in [0.1, 0.15) is 23.1 Å². The molecule has 2 aromatic carbocycles. The Bertz CT molecular complexity index is 1910. The molecule has 1 fully saturated rings. The molecule has 1 amide bonds. The smallest absolute Gasteiger partial charge is 0.246 e. The summed E-state index contributed by atoms with van der Waals surface area (Å²) in [6.45, 7) is 7.71. The number of carbonyl (C=O) groups excluding carboxylic acids is 1. The van der Waals surface area contributed by atoms with Crippen LogP contribution in [0, 0.1) is 35.4 Å². The minimum absolute atomic E-state index is 0.111. The van der Waals surface area contributed by atoms with E-state index in [9.17, 15) is 19.7 Å². The van der Waals surface area contributed by atoms with Gasteiger partial charge in [0.15, 0.2) is 6.79 Å². The SMILES string of the molecule is C=CC(=O)N1CCN(c2c(C#N)c(OCOCc3ncccc3F)nc3c2CCN(c2cccc4cccc(C)c24)C3)CC1CC#N. The zero-order chi connectivity index (χ0) is 32.9. The number of carbonyl (C=O) groups is 1. The number of anilines is 2. The third-order valence-corrected chi connectivity index (χ3v) is 8.77. The van der Waals surface area contributed by atoms with Crippen LogP contribution in [0.25, 0.3) is 10.8 Å². The van der Waals surface area contributed by atoms with Crippen LogP contribution >= 0.6 is 0 Å². The van der Waals surface area contributed by atoms with Crippen LogP contribution in [-0.4, -0.2) is 59.8 Å². The Morgan fingerprint density at radius 1 is 1.13 bits per heavy atom. The van der Waals surface area contributed by atoms with Gasteiger partial charge < -0.3 is 24.2 Å². The van der Waals surface area contributed by atoms with E-state index in [4.69, 9.17) is 14.5 Å². The number of amides is 1. The molecule has 4 aromatic rings. The highest BCUT2D eigenvalue weighted by Crippen LogP contribution is 2.40.